The molecule has 1 heterocycles. The molecule has 2 aromatic carbocycles. The Kier molecular flexibility index (Phi) is 10.1. The molecule has 1 amide bonds. The molecule has 0 aromatic heterocycles. The van der Waals surface area contributed by atoms with E-state index in [0.29, 0.717) is 24.8 Å². The van der Waals surface area contributed by atoms with E-state index in [1.165, 1.54) is 12.1 Å². The van der Waals surface area contributed by atoms with Gasteiger partial charge in [-0.3, -0.25) is 14.5 Å². The summed E-state index contributed by atoms with van der Waals surface area (Å²) in [6.07, 6.45) is 0.506. The lowest BCUT2D eigenvalue weighted by atomic mass is 10.1. The van der Waals surface area contributed by atoms with Crippen LogP contribution in [0.3, 0.4) is 0 Å². The number of sulfonamides is 1. The maximum atomic E-state index is 12.7. The van der Waals surface area contributed by atoms with Gasteiger partial charge in [0.1, 0.15) is 6.04 Å². The predicted molar refractivity (Wildman–Crippen MR) is 133 cm³/mol. The molecule has 190 valence electrons. The lowest BCUT2D eigenvalue weighted by Crippen LogP contribution is -2.41. The highest BCUT2D eigenvalue weighted by Gasteiger charge is 2.26. The monoisotopic (exact) mass is 523 g/mol. The van der Waals surface area contributed by atoms with Crippen LogP contribution in [0.1, 0.15) is 19.3 Å². The van der Waals surface area contributed by atoms with Crippen LogP contribution in [0.5, 0.6) is 0 Å². The summed E-state index contributed by atoms with van der Waals surface area (Å²) in [5, 5.41) is 12.8. The Morgan fingerprint density at radius 2 is 1.63 bits per heavy atom. The summed E-state index contributed by atoms with van der Waals surface area (Å²) in [4.78, 5) is 26.0. The molecular weight excluding hydrogens is 494 g/mol. The third kappa shape index (κ3) is 8.59. The molecule has 0 radical (unpaired) electrons. The second-order valence-electron chi connectivity index (χ2n) is 8.24. The van der Waals surface area contributed by atoms with Gasteiger partial charge >= 0.3 is 5.97 Å². The fourth-order valence-electron chi connectivity index (χ4n) is 3.68. The lowest BCUT2D eigenvalue weighted by Gasteiger charge is -2.26. The van der Waals surface area contributed by atoms with E-state index in [4.69, 9.17) is 16.3 Å². The normalized spacial score (nSPS) is 15.5. The van der Waals surface area contributed by atoms with Gasteiger partial charge in [-0.25, -0.2) is 8.42 Å². The van der Waals surface area contributed by atoms with Crippen LogP contribution in [0.4, 0.5) is 0 Å². The Labute approximate surface area is 210 Å². The predicted octanol–water partition coefficient (Wildman–Crippen LogP) is 2.36. The largest absolute Gasteiger partial charge is 0.480 e. The Hall–Kier alpha value is -2.50. The van der Waals surface area contributed by atoms with Crippen molar-refractivity contribution in [3.05, 3.63) is 53.6 Å². The first-order valence-corrected chi connectivity index (χ1v) is 13.3. The van der Waals surface area contributed by atoms with Gasteiger partial charge in [0.25, 0.3) is 0 Å². The number of carboxylic acids is 1. The number of nitrogens with one attached hydrogen (secondary N) is 2. The van der Waals surface area contributed by atoms with Crippen molar-refractivity contribution in [2.45, 2.75) is 30.2 Å². The van der Waals surface area contributed by atoms with E-state index in [1.807, 2.05) is 12.1 Å². The van der Waals surface area contributed by atoms with Gasteiger partial charge in [0.2, 0.25) is 15.9 Å². The smallest absolute Gasteiger partial charge is 0.321 e. The highest BCUT2D eigenvalue weighted by Crippen LogP contribution is 2.23. The molecule has 1 aliphatic heterocycles. The molecule has 0 bridgehead atoms. The minimum Gasteiger partial charge on any atom is -0.480 e. The first-order chi connectivity index (χ1) is 16.7. The van der Waals surface area contributed by atoms with Gasteiger partial charge in [-0.05, 0) is 54.8 Å². The van der Waals surface area contributed by atoms with Crippen molar-refractivity contribution < 1.29 is 27.9 Å². The van der Waals surface area contributed by atoms with Gasteiger partial charge in [0, 0.05) is 31.1 Å². The quantitative estimate of drug-likeness (QED) is 0.365. The zero-order valence-electron chi connectivity index (χ0n) is 19.3. The fraction of sp³-hybridized carbons (Fsp3) is 0.417. The number of carbonyl (C=O) groups is 2. The maximum Gasteiger partial charge on any atom is 0.321 e. The Bertz CT molecular complexity index is 1090. The Morgan fingerprint density at radius 1 is 1.03 bits per heavy atom. The van der Waals surface area contributed by atoms with Crippen molar-refractivity contribution in [3.8, 4) is 11.1 Å². The van der Waals surface area contributed by atoms with Crippen LogP contribution >= 0.6 is 11.6 Å². The number of aliphatic carboxylic acids is 1. The summed E-state index contributed by atoms with van der Waals surface area (Å²) < 4.78 is 33.0. The number of morpholine rings is 1. The number of hydrogen-bond acceptors (Lipinski definition) is 6. The van der Waals surface area contributed by atoms with E-state index in [9.17, 15) is 23.1 Å². The van der Waals surface area contributed by atoms with Crippen LogP contribution < -0.4 is 10.0 Å². The fourth-order valence-corrected chi connectivity index (χ4v) is 5.03. The summed E-state index contributed by atoms with van der Waals surface area (Å²) in [5.74, 6) is -1.66. The van der Waals surface area contributed by atoms with E-state index in [0.717, 1.165) is 37.2 Å². The number of nitrogens with zero attached hydrogens (tertiary/aromatic N) is 1. The number of carboxylic acid groups (broad SMARTS) is 1. The highest BCUT2D eigenvalue weighted by atomic mass is 35.5. The van der Waals surface area contributed by atoms with Crippen molar-refractivity contribution in [2.75, 3.05) is 39.4 Å². The van der Waals surface area contributed by atoms with Crippen molar-refractivity contribution in [3.63, 3.8) is 0 Å². The second kappa shape index (κ2) is 13.0. The number of amides is 1. The number of hydrogen-bond donors (Lipinski definition) is 3. The van der Waals surface area contributed by atoms with Crippen LogP contribution in [0.15, 0.2) is 53.4 Å². The minimum atomic E-state index is -4.09. The van der Waals surface area contributed by atoms with E-state index in [-0.39, 0.29) is 23.6 Å². The number of ether oxygens (including phenoxy) is 1. The van der Waals surface area contributed by atoms with Crippen LogP contribution in [0, 0.1) is 0 Å². The molecule has 0 aliphatic carbocycles. The first-order valence-electron chi connectivity index (χ1n) is 11.4. The zero-order valence-corrected chi connectivity index (χ0v) is 20.9. The van der Waals surface area contributed by atoms with E-state index < -0.39 is 22.0 Å². The van der Waals surface area contributed by atoms with Gasteiger partial charge < -0.3 is 15.2 Å². The minimum absolute atomic E-state index is 0.0611. The van der Waals surface area contributed by atoms with Gasteiger partial charge in [0.15, 0.2) is 0 Å². The van der Waals surface area contributed by atoms with Crippen molar-refractivity contribution in [1.29, 1.82) is 0 Å². The SMILES string of the molecule is O=C(CC[C@H](NS(=O)(=O)c1ccc(-c2ccc(Cl)cc2)cc1)C(=O)O)NCCCN1CCOCC1. The lowest BCUT2D eigenvalue weighted by molar-refractivity contribution is -0.139. The molecule has 1 saturated heterocycles. The summed E-state index contributed by atoms with van der Waals surface area (Å²) in [7, 11) is -4.09. The maximum absolute atomic E-state index is 12.7. The first kappa shape index (κ1) is 27.1. The third-order valence-electron chi connectivity index (χ3n) is 5.67. The average molecular weight is 524 g/mol. The molecule has 1 aliphatic rings. The molecule has 0 unspecified atom stereocenters. The summed E-state index contributed by atoms with van der Waals surface area (Å²) in [5.41, 5.74) is 1.66. The molecular formula is C24H30ClN3O6S. The number of rotatable bonds is 12. The Balaban J connectivity index is 1.48. The summed E-state index contributed by atoms with van der Waals surface area (Å²) >= 11 is 5.90. The van der Waals surface area contributed by atoms with Gasteiger partial charge in [-0.1, -0.05) is 35.9 Å². The third-order valence-corrected chi connectivity index (χ3v) is 7.41. The van der Waals surface area contributed by atoms with E-state index in [2.05, 4.69) is 14.9 Å². The van der Waals surface area contributed by atoms with Crippen LogP contribution in [-0.2, 0) is 24.3 Å². The molecule has 1 fully saturated rings. The van der Waals surface area contributed by atoms with Crippen molar-refractivity contribution in [2.24, 2.45) is 0 Å². The van der Waals surface area contributed by atoms with Crippen LogP contribution in [0.25, 0.3) is 11.1 Å². The van der Waals surface area contributed by atoms with Gasteiger partial charge in [-0.15, -0.1) is 0 Å². The van der Waals surface area contributed by atoms with Crippen LogP contribution in [-0.4, -0.2) is 75.7 Å². The molecule has 0 saturated carbocycles. The molecule has 0 spiro atoms. The van der Waals surface area contributed by atoms with E-state index in [1.54, 1.807) is 24.3 Å². The Morgan fingerprint density at radius 3 is 2.23 bits per heavy atom. The molecule has 35 heavy (non-hydrogen) atoms. The molecule has 9 nitrogen and oxygen atoms in total. The highest BCUT2D eigenvalue weighted by molar-refractivity contribution is 7.89. The molecule has 3 N–H and O–H groups in total. The van der Waals surface area contributed by atoms with Crippen LogP contribution in [0.2, 0.25) is 5.02 Å². The van der Waals surface area contributed by atoms with Gasteiger partial charge in [0.05, 0.1) is 18.1 Å². The van der Waals surface area contributed by atoms with Crippen molar-refractivity contribution >= 4 is 33.5 Å². The summed E-state index contributed by atoms with van der Waals surface area (Å²) in [6, 6.07) is 11.8. The molecule has 11 heteroatoms. The zero-order chi connectivity index (χ0) is 25.3. The van der Waals surface area contributed by atoms with Gasteiger partial charge in [-0.2, -0.15) is 4.72 Å². The summed E-state index contributed by atoms with van der Waals surface area (Å²) in [6.45, 7) is 4.49. The van der Waals surface area contributed by atoms with Crippen molar-refractivity contribution in [1.82, 2.24) is 14.9 Å². The number of carbonyl (C=O) groups excluding carboxylic acids is 1. The average Bonchev–Trinajstić information content (AvgIpc) is 2.85. The molecule has 3 rings (SSSR count). The standard InChI is InChI=1S/C24H30ClN3O6S/c25-20-6-2-18(3-7-20)19-4-8-21(9-5-19)35(32,33)27-22(24(30)31)10-11-23(29)26-12-1-13-28-14-16-34-17-15-28/h2-9,22,27H,1,10-17H2,(H,26,29)(H,30,31)/t22-/m0/s1. The molecule has 2 aromatic rings. The second-order valence-corrected chi connectivity index (χ2v) is 10.4. The topological polar surface area (TPSA) is 125 Å². The molecule has 1 atom stereocenters. The number of benzene rings is 2. The van der Waals surface area contributed by atoms with E-state index >= 15 is 0 Å². The number of halogens is 1.